The van der Waals surface area contributed by atoms with Crippen molar-refractivity contribution in [3.63, 3.8) is 0 Å². The second-order valence-corrected chi connectivity index (χ2v) is 5.75. The standard InChI is InChI=1S/C20H22O2/c1-4-20(22)18-11-7-16(8-12-18)13-19(15(3)21)17-9-5-14(2)6-10-17/h5-12,19H,4,13H2,1-3H3. The van der Waals surface area contributed by atoms with E-state index in [0.29, 0.717) is 12.8 Å². The normalized spacial score (nSPS) is 12.0. The number of benzene rings is 2. The Hall–Kier alpha value is -2.22. The highest BCUT2D eigenvalue weighted by Gasteiger charge is 2.17. The highest BCUT2D eigenvalue weighted by molar-refractivity contribution is 5.95. The summed E-state index contributed by atoms with van der Waals surface area (Å²) in [6, 6.07) is 15.7. The van der Waals surface area contributed by atoms with Gasteiger partial charge in [-0.05, 0) is 31.4 Å². The summed E-state index contributed by atoms with van der Waals surface area (Å²) in [5, 5.41) is 0. The number of rotatable bonds is 6. The molecule has 2 aromatic rings. The predicted octanol–water partition coefficient (Wildman–Crippen LogP) is 4.50. The highest BCUT2D eigenvalue weighted by Crippen LogP contribution is 2.23. The first-order valence-electron chi connectivity index (χ1n) is 7.70. The van der Waals surface area contributed by atoms with E-state index in [1.54, 1.807) is 6.92 Å². The molecule has 0 saturated heterocycles. The van der Waals surface area contributed by atoms with E-state index in [2.05, 4.69) is 0 Å². The van der Waals surface area contributed by atoms with Crippen molar-refractivity contribution < 1.29 is 9.59 Å². The summed E-state index contributed by atoms with van der Waals surface area (Å²) in [5.41, 5.74) is 4.05. The molecule has 114 valence electrons. The summed E-state index contributed by atoms with van der Waals surface area (Å²) in [6.07, 6.45) is 1.18. The van der Waals surface area contributed by atoms with Gasteiger partial charge in [-0.15, -0.1) is 0 Å². The van der Waals surface area contributed by atoms with E-state index in [0.717, 1.165) is 16.7 Å². The van der Waals surface area contributed by atoms with Crippen LogP contribution in [0.1, 0.15) is 53.2 Å². The molecule has 22 heavy (non-hydrogen) atoms. The SMILES string of the molecule is CCC(=O)c1ccc(CC(C(C)=O)c2ccc(C)cc2)cc1. The Morgan fingerprint density at radius 3 is 2.05 bits per heavy atom. The first-order valence-corrected chi connectivity index (χ1v) is 7.70. The van der Waals surface area contributed by atoms with Gasteiger partial charge in [0.05, 0.1) is 0 Å². The molecular formula is C20H22O2. The third-order valence-electron chi connectivity index (χ3n) is 4.01. The highest BCUT2D eigenvalue weighted by atomic mass is 16.1. The maximum Gasteiger partial charge on any atom is 0.162 e. The lowest BCUT2D eigenvalue weighted by Crippen LogP contribution is -2.12. The van der Waals surface area contributed by atoms with Crippen LogP contribution in [0.2, 0.25) is 0 Å². The number of hydrogen-bond donors (Lipinski definition) is 0. The van der Waals surface area contributed by atoms with Gasteiger partial charge in [-0.2, -0.15) is 0 Å². The molecule has 1 unspecified atom stereocenters. The average Bonchev–Trinajstić information content (AvgIpc) is 2.53. The van der Waals surface area contributed by atoms with E-state index in [9.17, 15) is 9.59 Å². The number of carbonyl (C=O) groups is 2. The zero-order chi connectivity index (χ0) is 16.1. The molecule has 0 aliphatic heterocycles. The predicted molar refractivity (Wildman–Crippen MR) is 89.4 cm³/mol. The molecule has 0 bridgehead atoms. The summed E-state index contributed by atoms with van der Waals surface area (Å²) in [4.78, 5) is 23.7. The van der Waals surface area contributed by atoms with Gasteiger partial charge in [0, 0.05) is 17.9 Å². The quantitative estimate of drug-likeness (QED) is 0.735. The molecule has 1 atom stereocenters. The first kappa shape index (κ1) is 16.2. The van der Waals surface area contributed by atoms with Crippen LogP contribution in [0.5, 0.6) is 0 Å². The third-order valence-corrected chi connectivity index (χ3v) is 4.01. The zero-order valence-corrected chi connectivity index (χ0v) is 13.4. The molecule has 0 aliphatic rings. The molecule has 0 amide bonds. The van der Waals surface area contributed by atoms with Crippen molar-refractivity contribution in [2.24, 2.45) is 0 Å². The zero-order valence-electron chi connectivity index (χ0n) is 13.4. The van der Waals surface area contributed by atoms with Crippen LogP contribution < -0.4 is 0 Å². The monoisotopic (exact) mass is 294 g/mol. The van der Waals surface area contributed by atoms with Gasteiger partial charge in [0.2, 0.25) is 0 Å². The molecule has 2 aromatic carbocycles. The molecule has 0 N–H and O–H groups in total. The summed E-state index contributed by atoms with van der Waals surface area (Å²) in [6.45, 7) is 5.54. The number of hydrogen-bond acceptors (Lipinski definition) is 2. The van der Waals surface area contributed by atoms with E-state index in [1.807, 2.05) is 62.4 Å². The van der Waals surface area contributed by atoms with E-state index in [4.69, 9.17) is 0 Å². The fourth-order valence-electron chi connectivity index (χ4n) is 2.56. The molecule has 2 rings (SSSR count). The minimum atomic E-state index is -0.131. The number of carbonyl (C=O) groups excluding carboxylic acids is 2. The van der Waals surface area contributed by atoms with Crippen LogP contribution in [0.4, 0.5) is 0 Å². The van der Waals surface area contributed by atoms with Crippen molar-refractivity contribution >= 4 is 11.6 Å². The smallest absolute Gasteiger partial charge is 0.162 e. The molecule has 0 saturated carbocycles. The van der Waals surface area contributed by atoms with Gasteiger partial charge in [-0.25, -0.2) is 0 Å². The van der Waals surface area contributed by atoms with Crippen LogP contribution >= 0.6 is 0 Å². The van der Waals surface area contributed by atoms with E-state index >= 15 is 0 Å². The fourth-order valence-corrected chi connectivity index (χ4v) is 2.56. The van der Waals surface area contributed by atoms with Gasteiger partial charge < -0.3 is 0 Å². The van der Waals surface area contributed by atoms with Crippen molar-refractivity contribution in [2.45, 2.75) is 39.5 Å². The maximum absolute atomic E-state index is 12.0. The van der Waals surface area contributed by atoms with Gasteiger partial charge in [-0.3, -0.25) is 9.59 Å². The van der Waals surface area contributed by atoms with Gasteiger partial charge in [0.1, 0.15) is 5.78 Å². The summed E-state index contributed by atoms with van der Waals surface area (Å²) < 4.78 is 0. The Kier molecular flexibility index (Phi) is 5.26. The third kappa shape index (κ3) is 3.91. The molecular weight excluding hydrogens is 272 g/mol. The van der Waals surface area contributed by atoms with Crippen molar-refractivity contribution in [1.29, 1.82) is 0 Å². The van der Waals surface area contributed by atoms with Crippen LogP contribution in [-0.4, -0.2) is 11.6 Å². The Morgan fingerprint density at radius 2 is 1.55 bits per heavy atom. The van der Waals surface area contributed by atoms with Gasteiger partial charge in [0.25, 0.3) is 0 Å². The lowest BCUT2D eigenvalue weighted by Gasteiger charge is -2.15. The second-order valence-electron chi connectivity index (χ2n) is 5.75. The fraction of sp³-hybridized carbons (Fsp3) is 0.300. The maximum atomic E-state index is 12.0. The van der Waals surface area contributed by atoms with Crippen molar-refractivity contribution in [2.75, 3.05) is 0 Å². The Bertz CT molecular complexity index is 651. The van der Waals surface area contributed by atoms with Crippen molar-refractivity contribution in [3.8, 4) is 0 Å². The molecule has 2 heteroatoms. The largest absolute Gasteiger partial charge is 0.299 e. The molecule has 0 fully saturated rings. The van der Waals surface area contributed by atoms with Crippen molar-refractivity contribution in [1.82, 2.24) is 0 Å². The summed E-state index contributed by atoms with van der Waals surface area (Å²) in [5.74, 6) is 0.180. The molecule has 2 nitrogen and oxygen atoms in total. The van der Waals surface area contributed by atoms with E-state index in [-0.39, 0.29) is 17.5 Å². The lowest BCUT2D eigenvalue weighted by atomic mass is 9.88. The van der Waals surface area contributed by atoms with Crippen LogP contribution in [0.25, 0.3) is 0 Å². The van der Waals surface area contributed by atoms with Crippen LogP contribution in [0.3, 0.4) is 0 Å². The first-order chi connectivity index (χ1) is 10.5. The lowest BCUT2D eigenvalue weighted by molar-refractivity contribution is -0.118. The topological polar surface area (TPSA) is 34.1 Å². The van der Waals surface area contributed by atoms with Crippen LogP contribution in [0.15, 0.2) is 48.5 Å². The Labute approximate surface area is 132 Å². The Morgan fingerprint density at radius 1 is 0.955 bits per heavy atom. The van der Waals surface area contributed by atoms with Gasteiger partial charge >= 0.3 is 0 Å². The summed E-state index contributed by atoms with van der Waals surface area (Å²) in [7, 11) is 0. The summed E-state index contributed by atoms with van der Waals surface area (Å²) >= 11 is 0. The van der Waals surface area contributed by atoms with Crippen LogP contribution in [-0.2, 0) is 11.2 Å². The number of aryl methyl sites for hydroxylation is 1. The minimum absolute atomic E-state index is 0.131. The van der Waals surface area contributed by atoms with Gasteiger partial charge in [0.15, 0.2) is 5.78 Å². The minimum Gasteiger partial charge on any atom is -0.299 e. The number of Topliss-reactive ketones (excluding diaryl/α,β-unsaturated/α-hetero) is 2. The van der Waals surface area contributed by atoms with Crippen LogP contribution in [0, 0.1) is 6.92 Å². The Balaban J connectivity index is 2.19. The van der Waals surface area contributed by atoms with E-state index in [1.165, 1.54) is 5.56 Å². The molecule has 0 aromatic heterocycles. The average molecular weight is 294 g/mol. The molecule has 0 aliphatic carbocycles. The molecule has 0 heterocycles. The number of ketones is 2. The van der Waals surface area contributed by atoms with E-state index < -0.39 is 0 Å². The van der Waals surface area contributed by atoms with Crippen molar-refractivity contribution in [3.05, 3.63) is 70.8 Å². The second kappa shape index (κ2) is 7.17. The molecule has 0 radical (unpaired) electrons. The van der Waals surface area contributed by atoms with Gasteiger partial charge in [-0.1, -0.05) is 61.0 Å². The molecule has 0 spiro atoms.